The Labute approximate surface area is 87.7 Å². The van der Waals surface area contributed by atoms with Crippen LogP contribution in [0.5, 0.6) is 0 Å². The third-order valence-corrected chi connectivity index (χ3v) is 2.53. The summed E-state index contributed by atoms with van der Waals surface area (Å²) in [7, 11) is 0. The van der Waals surface area contributed by atoms with Gasteiger partial charge in [-0.25, -0.2) is 0 Å². The lowest BCUT2D eigenvalue weighted by Gasteiger charge is -2.13. The first-order valence-corrected chi connectivity index (χ1v) is 5.69. The fraction of sp³-hybridized carbons (Fsp3) is 0.429. The quantitative estimate of drug-likeness (QED) is 0.618. The van der Waals surface area contributed by atoms with Gasteiger partial charge in [0.25, 0.3) is 0 Å². The molecule has 1 aliphatic rings. The summed E-state index contributed by atoms with van der Waals surface area (Å²) >= 11 is 0. The molecule has 1 aromatic carbocycles. The van der Waals surface area contributed by atoms with Gasteiger partial charge < -0.3 is 0 Å². The van der Waals surface area contributed by atoms with Crippen molar-refractivity contribution in [3.8, 4) is 0 Å². The van der Waals surface area contributed by atoms with Crippen LogP contribution in [0.4, 0.5) is 0 Å². The first-order chi connectivity index (χ1) is 6.92. The molecule has 0 saturated carbocycles. The number of benzene rings is 1. The number of allylic oxidation sites excluding steroid dienone is 1. The molecule has 0 heterocycles. The Kier molecular flexibility index (Phi) is 4.45. The van der Waals surface area contributed by atoms with Crippen molar-refractivity contribution in [3.05, 3.63) is 41.0 Å². The van der Waals surface area contributed by atoms with Gasteiger partial charge in [0.1, 0.15) is 0 Å². The first-order valence-electron chi connectivity index (χ1n) is 5.69. The van der Waals surface area contributed by atoms with Crippen LogP contribution in [-0.2, 0) is 12.8 Å². The molecule has 0 aromatic heterocycles. The van der Waals surface area contributed by atoms with E-state index in [9.17, 15) is 0 Å². The molecule has 0 saturated heterocycles. The van der Waals surface area contributed by atoms with E-state index in [1.807, 2.05) is 13.8 Å². The third kappa shape index (κ3) is 2.25. The first kappa shape index (κ1) is 11.0. The SMILES string of the molecule is CC.CCc1cccc2c1C=CCC2. The average Bonchev–Trinajstić information content (AvgIpc) is 2.31. The van der Waals surface area contributed by atoms with Crippen LogP contribution in [0.15, 0.2) is 24.3 Å². The van der Waals surface area contributed by atoms with E-state index in [-0.39, 0.29) is 0 Å². The third-order valence-electron chi connectivity index (χ3n) is 2.53. The summed E-state index contributed by atoms with van der Waals surface area (Å²) in [5.74, 6) is 0. The summed E-state index contributed by atoms with van der Waals surface area (Å²) in [5, 5.41) is 0. The van der Waals surface area contributed by atoms with E-state index in [1.54, 1.807) is 0 Å². The van der Waals surface area contributed by atoms with Gasteiger partial charge in [0.15, 0.2) is 0 Å². The maximum Gasteiger partial charge on any atom is -0.0196 e. The van der Waals surface area contributed by atoms with Crippen molar-refractivity contribution >= 4 is 6.08 Å². The molecule has 1 aliphatic carbocycles. The van der Waals surface area contributed by atoms with Crippen LogP contribution in [0.3, 0.4) is 0 Å². The molecule has 0 unspecified atom stereocenters. The lowest BCUT2D eigenvalue weighted by atomic mass is 9.92. The van der Waals surface area contributed by atoms with E-state index >= 15 is 0 Å². The van der Waals surface area contributed by atoms with Crippen molar-refractivity contribution in [2.45, 2.75) is 40.0 Å². The van der Waals surface area contributed by atoms with Gasteiger partial charge in [0.05, 0.1) is 0 Å². The Morgan fingerprint density at radius 1 is 1.21 bits per heavy atom. The molecule has 14 heavy (non-hydrogen) atoms. The predicted molar refractivity (Wildman–Crippen MR) is 64.5 cm³/mol. The van der Waals surface area contributed by atoms with Crippen LogP contribution in [0.2, 0.25) is 0 Å². The molecule has 2 rings (SSSR count). The molecule has 76 valence electrons. The van der Waals surface area contributed by atoms with Crippen LogP contribution in [0, 0.1) is 0 Å². The zero-order chi connectivity index (χ0) is 10.4. The standard InChI is InChI=1S/C12H14.C2H6/c1-2-10-7-5-8-11-6-3-4-9-12(10)11;1-2/h4-5,7-9H,2-3,6H2,1H3;1-2H3. The highest BCUT2D eigenvalue weighted by Gasteiger charge is 2.06. The van der Waals surface area contributed by atoms with E-state index in [2.05, 4.69) is 37.3 Å². The zero-order valence-corrected chi connectivity index (χ0v) is 9.51. The van der Waals surface area contributed by atoms with E-state index in [1.165, 1.54) is 29.5 Å². The predicted octanol–water partition coefficient (Wildman–Crippen LogP) is 4.23. The van der Waals surface area contributed by atoms with Crippen molar-refractivity contribution in [3.63, 3.8) is 0 Å². The van der Waals surface area contributed by atoms with Gasteiger partial charge in [-0.2, -0.15) is 0 Å². The monoisotopic (exact) mass is 188 g/mol. The molecule has 0 radical (unpaired) electrons. The molecule has 0 heteroatoms. The average molecular weight is 188 g/mol. The number of aryl methyl sites for hydroxylation is 2. The van der Waals surface area contributed by atoms with Crippen LogP contribution in [0.1, 0.15) is 43.9 Å². The Hall–Kier alpha value is -1.04. The number of hydrogen-bond donors (Lipinski definition) is 0. The van der Waals surface area contributed by atoms with Crippen LogP contribution >= 0.6 is 0 Å². The largest absolute Gasteiger partial charge is 0.0836 e. The Morgan fingerprint density at radius 2 is 2.00 bits per heavy atom. The van der Waals surface area contributed by atoms with E-state index in [4.69, 9.17) is 0 Å². The molecule has 0 aliphatic heterocycles. The smallest absolute Gasteiger partial charge is 0.0196 e. The van der Waals surface area contributed by atoms with Crippen molar-refractivity contribution < 1.29 is 0 Å². The number of hydrogen-bond acceptors (Lipinski definition) is 0. The number of fused-ring (bicyclic) bond motifs is 1. The van der Waals surface area contributed by atoms with Crippen LogP contribution in [-0.4, -0.2) is 0 Å². The second-order valence-corrected chi connectivity index (χ2v) is 3.28. The highest BCUT2D eigenvalue weighted by Crippen LogP contribution is 2.22. The van der Waals surface area contributed by atoms with Gasteiger partial charge >= 0.3 is 0 Å². The molecule has 0 spiro atoms. The fourth-order valence-corrected chi connectivity index (χ4v) is 1.85. The van der Waals surface area contributed by atoms with Gasteiger partial charge in [0, 0.05) is 0 Å². The highest BCUT2D eigenvalue weighted by molar-refractivity contribution is 5.60. The van der Waals surface area contributed by atoms with Gasteiger partial charge in [-0.15, -0.1) is 0 Å². The second-order valence-electron chi connectivity index (χ2n) is 3.28. The van der Waals surface area contributed by atoms with E-state index < -0.39 is 0 Å². The molecule has 0 N–H and O–H groups in total. The lowest BCUT2D eigenvalue weighted by molar-refractivity contribution is 0.971. The van der Waals surface area contributed by atoms with E-state index in [0.29, 0.717) is 0 Å². The summed E-state index contributed by atoms with van der Waals surface area (Å²) in [6.45, 7) is 6.22. The summed E-state index contributed by atoms with van der Waals surface area (Å²) in [5.41, 5.74) is 4.49. The minimum atomic E-state index is 1.15. The molecular weight excluding hydrogens is 168 g/mol. The summed E-state index contributed by atoms with van der Waals surface area (Å²) in [6.07, 6.45) is 8.13. The molecule has 1 aromatic rings. The Bertz CT molecular complexity index is 308. The Morgan fingerprint density at radius 3 is 2.71 bits per heavy atom. The van der Waals surface area contributed by atoms with Gasteiger partial charge in [-0.3, -0.25) is 0 Å². The summed E-state index contributed by atoms with van der Waals surface area (Å²) in [4.78, 5) is 0. The molecule has 0 bridgehead atoms. The molecule has 0 atom stereocenters. The van der Waals surface area contributed by atoms with Crippen LogP contribution < -0.4 is 0 Å². The topological polar surface area (TPSA) is 0 Å². The fourth-order valence-electron chi connectivity index (χ4n) is 1.85. The van der Waals surface area contributed by atoms with Crippen molar-refractivity contribution in [2.24, 2.45) is 0 Å². The van der Waals surface area contributed by atoms with E-state index in [0.717, 1.165) is 6.42 Å². The maximum atomic E-state index is 2.28. The molecule has 0 amide bonds. The minimum absolute atomic E-state index is 1.15. The van der Waals surface area contributed by atoms with Crippen LogP contribution in [0.25, 0.3) is 6.08 Å². The van der Waals surface area contributed by atoms with Gasteiger partial charge in [-0.05, 0) is 36.0 Å². The molecule has 0 nitrogen and oxygen atoms in total. The van der Waals surface area contributed by atoms with Crippen molar-refractivity contribution in [2.75, 3.05) is 0 Å². The van der Waals surface area contributed by atoms with Crippen molar-refractivity contribution in [1.82, 2.24) is 0 Å². The molecular formula is C14H20. The van der Waals surface area contributed by atoms with Crippen molar-refractivity contribution in [1.29, 1.82) is 0 Å². The summed E-state index contributed by atoms with van der Waals surface area (Å²) in [6, 6.07) is 6.66. The Balaban J connectivity index is 0.000000461. The maximum absolute atomic E-state index is 2.28. The minimum Gasteiger partial charge on any atom is -0.0836 e. The summed E-state index contributed by atoms with van der Waals surface area (Å²) < 4.78 is 0. The van der Waals surface area contributed by atoms with Gasteiger partial charge in [-0.1, -0.05) is 51.1 Å². The van der Waals surface area contributed by atoms with Gasteiger partial charge in [0.2, 0.25) is 0 Å². The lowest BCUT2D eigenvalue weighted by Crippen LogP contribution is -1.97. The highest BCUT2D eigenvalue weighted by atomic mass is 14.1. The molecule has 0 fully saturated rings. The zero-order valence-electron chi connectivity index (χ0n) is 9.51. The normalized spacial score (nSPS) is 12.8. The number of rotatable bonds is 1. The second kappa shape index (κ2) is 5.64.